The largest absolute Gasteiger partial charge is 0.744 e. The minimum Gasteiger partial charge on any atom is -0.744 e. The van der Waals surface area contributed by atoms with Gasteiger partial charge in [-0.3, -0.25) is 10.1 Å². The molecule has 0 fully saturated rings. The molecule has 0 aliphatic carbocycles. The summed E-state index contributed by atoms with van der Waals surface area (Å²) in [5, 5.41) is 3.48. The Hall–Kier alpha value is -3.56. The number of methoxy groups -OCH3 is 1. The van der Waals surface area contributed by atoms with E-state index in [-0.39, 0.29) is 17.6 Å². The van der Waals surface area contributed by atoms with E-state index in [1.165, 1.54) is 30.6 Å². The number of aromatic nitrogens is 1. The molecule has 4 aromatic carbocycles. The van der Waals surface area contributed by atoms with Crippen LogP contribution in [-0.4, -0.2) is 44.4 Å². The van der Waals surface area contributed by atoms with Gasteiger partial charge in [0.25, 0.3) is 5.91 Å². The normalized spacial score (nSPS) is 11.0. The number of thiazole rings is 1. The summed E-state index contributed by atoms with van der Waals surface area (Å²) in [5.74, 6) is 1.38. The van der Waals surface area contributed by atoms with Gasteiger partial charge in [-0.1, -0.05) is 35.1 Å². The number of anilines is 1. The Morgan fingerprint density at radius 1 is 0.953 bits per heavy atom. The van der Waals surface area contributed by atoms with Gasteiger partial charge < -0.3 is 18.8 Å². The third-order valence-electron chi connectivity index (χ3n) is 5.76. The number of rotatable bonds is 10. The molecule has 5 aromatic rings. The summed E-state index contributed by atoms with van der Waals surface area (Å²) in [6.07, 6.45) is 0. The number of nitrogens with zero attached hydrogens (tertiary/aromatic N) is 1. The van der Waals surface area contributed by atoms with Crippen LogP contribution in [0.2, 0.25) is 0 Å². The molecule has 0 saturated carbocycles. The number of aryl methyl sites for hydroxylation is 1. The van der Waals surface area contributed by atoms with E-state index in [4.69, 9.17) is 14.2 Å². The number of benzene rings is 4. The van der Waals surface area contributed by atoms with Crippen LogP contribution in [0.15, 0.2) is 95.9 Å². The maximum Gasteiger partial charge on any atom is 0.357 e. The molecule has 1 N–H and O–H groups in total. The van der Waals surface area contributed by atoms with Crippen molar-refractivity contribution in [2.24, 2.45) is 0 Å². The van der Waals surface area contributed by atoms with E-state index in [0.717, 1.165) is 21.5 Å². The lowest BCUT2D eigenvalue weighted by Crippen LogP contribution is -3.61. The number of hydrogen-bond donors (Lipinski definition) is 1. The maximum absolute atomic E-state index is 12.8. The smallest absolute Gasteiger partial charge is 0.357 e. The van der Waals surface area contributed by atoms with Gasteiger partial charge in [-0.15, -0.1) is 0 Å². The minimum atomic E-state index is -4.27. The zero-order chi connectivity index (χ0) is 30.8. The van der Waals surface area contributed by atoms with Crippen LogP contribution in [0.5, 0.6) is 11.5 Å². The van der Waals surface area contributed by atoms with Crippen molar-refractivity contribution in [3.05, 3.63) is 109 Å². The summed E-state index contributed by atoms with van der Waals surface area (Å²) in [5.41, 5.74) is 2.36. The summed E-state index contributed by atoms with van der Waals surface area (Å²) in [6.45, 7) is 4.55. The van der Waals surface area contributed by atoms with E-state index in [2.05, 4.69) is 28.5 Å². The van der Waals surface area contributed by atoms with E-state index in [9.17, 15) is 17.8 Å². The van der Waals surface area contributed by atoms with Crippen molar-refractivity contribution in [1.29, 1.82) is 0 Å². The van der Waals surface area contributed by atoms with E-state index < -0.39 is 31.3 Å². The fourth-order valence-corrected chi connectivity index (χ4v) is 7.24. The van der Waals surface area contributed by atoms with Gasteiger partial charge >= 0.3 is 21.2 Å². The highest BCUT2D eigenvalue weighted by molar-refractivity contribution is 7.85. The number of carbonyl (C=O) groups is 1. The predicted octanol–water partition coefficient (Wildman–Crippen LogP) is 2.96. The lowest BCUT2D eigenvalue weighted by Gasteiger charge is -2.05. The number of carbonyl (C=O) groups excluding carboxylic acids is 1. The molecule has 43 heavy (non-hydrogen) atoms. The van der Waals surface area contributed by atoms with Crippen molar-refractivity contribution < 1.29 is 53.2 Å². The quantitative estimate of drug-likeness (QED) is 0.101. The molecule has 1 heterocycles. The first-order valence-corrected chi connectivity index (χ1v) is 17.4. The molecular formula is C31H29IN2O7S2. The van der Waals surface area contributed by atoms with Crippen LogP contribution in [0, 0.1) is 14.1 Å². The Morgan fingerprint density at radius 2 is 1.67 bits per heavy atom. The SMILES string of the molecule is CCOCOc1ccc2nc(NC(=O)c3cccc([I+]c4ccc(OC)cc4)c3)sc2c1.Cc1ccc(S(=O)(=O)[O-])cc1. The van der Waals surface area contributed by atoms with Gasteiger partial charge in [0.2, 0.25) is 0 Å². The van der Waals surface area contributed by atoms with Crippen molar-refractivity contribution >= 4 is 42.7 Å². The summed E-state index contributed by atoms with van der Waals surface area (Å²) in [7, 11) is -2.61. The molecular weight excluding hydrogens is 703 g/mol. The Bertz CT molecular complexity index is 1770. The van der Waals surface area contributed by atoms with Gasteiger partial charge in [0.05, 0.1) is 22.2 Å². The summed E-state index contributed by atoms with van der Waals surface area (Å²) in [4.78, 5) is 17.2. The van der Waals surface area contributed by atoms with E-state index >= 15 is 0 Å². The van der Waals surface area contributed by atoms with Crippen LogP contribution < -0.4 is 36.0 Å². The van der Waals surface area contributed by atoms with Crippen LogP contribution >= 0.6 is 11.3 Å². The number of hydrogen-bond acceptors (Lipinski definition) is 9. The number of fused-ring (bicyclic) bond motifs is 1. The van der Waals surface area contributed by atoms with Gasteiger partial charge in [-0.2, -0.15) is 0 Å². The third kappa shape index (κ3) is 9.73. The third-order valence-corrected chi connectivity index (χ3v) is 10.2. The first-order valence-electron chi connectivity index (χ1n) is 13.0. The summed E-state index contributed by atoms with van der Waals surface area (Å²) in [6, 6.07) is 27.3. The molecule has 0 bridgehead atoms. The predicted molar refractivity (Wildman–Crippen MR) is 161 cm³/mol. The van der Waals surface area contributed by atoms with Crippen LogP contribution in [0.3, 0.4) is 0 Å². The number of nitrogens with one attached hydrogen (secondary N) is 1. The van der Waals surface area contributed by atoms with E-state index in [1.807, 2.05) is 62.4 Å². The van der Waals surface area contributed by atoms with E-state index in [1.54, 1.807) is 19.2 Å². The first-order chi connectivity index (χ1) is 20.6. The zero-order valence-corrected chi connectivity index (χ0v) is 27.4. The maximum atomic E-state index is 12.8. The highest BCUT2D eigenvalue weighted by atomic mass is 127. The molecule has 0 radical (unpaired) electrons. The van der Waals surface area contributed by atoms with Gasteiger partial charge in [0.1, 0.15) is 21.6 Å². The highest BCUT2D eigenvalue weighted by Gasteiger charge is 2.18. The van der Waals surface area contributed by atoms with Gasteiger partial charge in [0, 0.05) is 18.2 Å². The highest BCUT2D eigenvalue weighted by Crippen LogP contribution is 2.29. The second kappa shape index (κ2) is 15.3. The fraction of sp³-hybridized carbons (Fsp3) is 0.161. The Balaban J connectivity index is 0.000000324. The second-order valence-corrected chi connectivity index (χ2v) is 14.3. The molecule has 0 unspecified atom stereocenters. The molecule has 0 spiro atoms. The van der Waals surface area contributed by atoms with Crippen molar-refractivity contribution in [3.63, 3.8) is 0 Å². The lowest BCUT2D eigenvalue weighted by molar-refractivity contribution is -0.597. The Kier molecular flexibility index (Phi) is 11.5. The first kappa shape index (κ1) is 32.4. The van der Waals surface area contributed by atoms with Gasteiger partial charge in [-0.25, -0.2) is 13.4 Å². The van der Waals surface area contributed by atoms with Crippen molar-refractivity contribution in [2.75, 3.05) is 25.8 Å². The molecule has 0 saturated heterocycles. The van der Waals surface area contributed by atoms with Crippen molar-refractivity contribution in [2.45, 2.75) is 18.7 Å². The minimum absolute atomic E-state index is 0.169. The molecule has 12 heteroatoms. The number of ether oxygens (including phenoxy) is 3. The number of amides is 1. The van der Waals surface area contributed by atoms with Gasteiger partial charge in [0.15, 0.2) is 19.1 Å². The standard InChI is InChI=1S/C24H21IN2O4S.C7H8O3S/c1-3-30-15-31-20-11-12-21-22(14-20)32-24(26-21)27-23(28)16-5-4-6-18(13-16)25-17-7-9-19(29-2)10-8-17;1-6-2-4-7(5-3-6)11(8,9)10/h4-14H,3,15H2,1-2H3;2-5H,1H3,(H,8,9,10). The Labute approximate surface area is 264 Å². The van der Waals surface area contributed by atoms with Crippen LogP contribution in [0.25, 0.3) is 10.2 Å². The Morgan fingerprint density at radius 3 is 2.35 bits per heavy atom. The second-order valence-electron chi connectivity index (χ2n) is 8.89. The molecule has 9 nitrogen and oxygen atoms in total. The summed E-state index contributed by atoms with van der Waals surface area (Å²) < 4.78 is 50.5. The average molecular weight is 733 g/mol. The average Bonchev–Trinajstić information content (AvgIpc) is 3.39. The molecule has 224 valence electrons. The molecule has 5 rings (SSSR count). The van der Waals surface area contributed by atoms with Crippen molar-refractivity contribution in [1.82, 2.24) is 4.98 Å². The lowest BCUT2D eigenvalue weighted by atomic mass is 10.2. The monoisotopic (exact) mass is 732 g/mol. The molecule has 0 atom stereocenters. The van der Waals surface area contributed by atoms with Crippen molar-refractivity contribution in [3.8, 4) is 11.5 Å². The number of halogens is 1. The van der Waals surface area contributed by atoms with Crippen LogP contribution in [0.4, 0.5) is 5.13 Å². The van der Waals surface area contributed by atoms with Gasteiger partial charge in [-0.05, 0) is 80.6 Å². The van der Waals surface area contributed by atoms with Crippen LogP contribution in [-0.2, 0) is 14.9 Å². The zero-order valence-electron chi connectivity index (χ0n) is 23.6. The van der Waals surface area contributed by atoms with Crippen LogP contribution in [0.1, 0.15) is 22.8 Å². The molecule has 0 aliphatic heterocycles. The molecule has 1 amide bonds. The topological polar surface area (TPSA) is 127 Å². The van der Waals surface area contributed by atoms with E-state index in [0.29, 0.717) is 23.1 Å². The molecule has 0 aliphatic rings. The summed E-state index contributed by atoms with van der Waals surface area (Å²) >= 11 is 1.02. The fourth-order valence-electron chi connectivity index (χ4n) is 3.56. The molecule has 1 aromatic heterocycles.